The van der Waals surface area contributed by atoms with E-state index in [1.807, 2.05) is 13.8 Å². The molecular weight excluding hydrogens is 212 g/mol. The van der Waals surface area contributed by atoms with E-state index in [2.05, 4.69) is 16.9 Å². The molecule has 0 atom stereocenters. The first kappa shape index (κ1) is 12.3. The molecule has 1 fully saturated rings. The summed E-state index contributed by atoms with van der Waals surface area (Å²) in [5.41, 5.74) is 1.66. The van der Waals surface area contributed by atoms with Crippen LogP contribution >= 0.6 is 0 Å². The van der Waals surface area contributed by atoms with E-state index in [4.69, 9.17) is 0 Å². The standard InChI is InChI=1S/C14H22N2O/c1-4-11-5-7-12(8-6-11)13-15-10(3)9(2)14(17)16-13/h11-12H,4-8H2,1-3H3,(H,15,16,17). The highest BCUT2D eigenvalue weighted by Gasteiger charge is 2.23. The fraction of sp³-hybridized carbons (Fsp3) is 0.714. The van der Waals surface area contributed by atoms with Gasteiger partial charge in [-0.3, -0.25) is 4.79 Å². The summed E-state index contributed by atoms with van der Waals surface area (Å²) in [5.74, 6) is 2.25. The van der Waals surface area contributed by atoms with Gasteiger partial charge in [-0.2, -0.15) is 0 Å². The minimum Gasteiger partial charge on any atom is -0.310 e. The summed E-state index contributed by atoms with van der Waals surface area (Å²) in [6.45, 7) is 6.02. The molecule has 94 valence electrons. The topological polar surface area (TPSA) is 45.8 Å². The molecule has 1 aromatic rings. The monoisotopic (exact) mass is 234 g/mol. The van der Waals surface area contributed by atoms with E-state index in [0.717, 1.165) is 23.0 Å². The van der Waals surface area contributed by atoms with Crippen molar-refractivity contribution >= 4 is 0 Å². The Kier molecular flexibility index (Phi) is 3.65. The molecule has 1 aliphatic carbocycles. The normalized spacial score (nSPS) is 24.9. The highest BCUT2D eigenvalue weighted by atomic mass is 16.1. The molecule has 17 heavy (non-hydrogen) atoms. The third-order valence-corrected chi connectivity index (χ3v) is 4.22. The second kappa shape index (κ2) is 5.03. The number of aromatic amines is 1. The van der Waals surface area contributed by atoms with Gasteiger partial charge in [0, 0.05) is 17.2 Å². The number of rotatable bonds is 2. The molecule has 3 heteroatoms. The van der Waals surface area contributed by atoms with Gasteiger partial charge in [0.1, 0.15) is 5.82 Å². The minimum absolute atomic E-state index is 0.0325. The van der Waals surface area contributed by atoms with Crippen molar-refractivity contribution in [2.24, 2.45) is 5.92 Å². The van der Waals surface area contributed by atoms with Gasteiger partial charge in [-0.05, 0) is 45.4 Å². The average molecular weight is 234 g/mol. The molecular formula is C14H22N2O. The zero-order valence-electron chi connectivity index (χ0n) is 11.0. The van der Waals surface area contributed by atoms with Gasteiger partial charge in [0.15, 0.2) is 0 Å². The van der Waals surface area contributed by atoms with E-state index in [-0.39, 0.29) is 5.56 Å². The van der Waals surface area contributed by atoms with Gasteiger partial charge in [-0.25, -0.2) is 4.98 Å². The fourth-order valence-electron chi connectivity index (χ4n) is 2.70. The summed E-state index contributed by atoms with van der Waals surface area (Å²) >= 11 is 0. The molecule has 0 aliphatic heterocycles. The van der Waals surface area contributed by atoms with Crippen molar-refractivity contribution in [2.45, 2.75) is 58.8 Å². The molecule has 0 aromatic carbocycles. The van der Waals surface area contributed by atoms with E-state index >= 15 is 0 Å². The van der Waals surface area contributed by atoms with Crippen LogP contribution in [0.15, 0.2) is 4.79 Å². The number of H-pyrrole nitrogens is 1. The van der Waals surface area contributed by atoms with Crippen LogP contribution in [-0.4, -0.2) is 9.97 Å². The maximum absolute atomic E-state index is 11.7. The highest BCUT2D eigenvalue weighted by molar-refractivity contribution is 5.15. The van der Waals surface area contributed by atoms with E-state index < -0.39 is 0 Å². The van der Waals surface area contributed by atoms with Crippen LogP contribution < -0.4 is 5.56 Å². The molecule has 1 aromatic heterocycles. The summed E-state index contributed by atoms with van der Waals surface area (Å²) in [4.78, 5) is 19.2. The zero-order chi connectivity index (χ0) is 12.4. The second-order valence-corrected chi connectivity index (χ2v) is 5.29. The smallest absolute Gasteiger partial charge is 0.254 e. The van der Waals surface area contributed by atoms with Crippen LogP contribution in [0.1, 0.15) is 62.0 Å². The van der Waals surface area contributed by atoms with Crippen molar-refractivity contribution in [2.75, 3.05) is 0 Å². The van der Waals surface area contributed by atoms with Gasteiger partial charge in [-0.1, -0.05) is 13.3 Å². The lowest BCUT2D eigenvalue weighted by Crippen LogP contribution is -2.21. The van der Waals surface area contributed by atoms with Crippen LogP contribution in [0, 0.1) is 19.8 Å². The van der Waals surface area contributed by atoms with E-state index in [9.17, 15) is 4.79 Å². The lowest BCUT2D eigenvalue weighted by atomic mass is 9.80. The molecule has 2 rings (SSSR count). The Morgan fingerprint density at radius 2 is 1.88 bits per heavy atom. The summed E-state index contributed by atoms with van der Waals surface area (Å²) in [5, 5.41) is 0. The highest BCUT2D eigenvalue weighted by Crippen LogP contribution is 2.35. The predicted molar refractivity (Wildman–Crippen MR) is 69.3 cm³/mol. The molecule has 1 heterocycles. The van der Waals surface area contributed by atoms with Crippen molar-refractivity contribution in [3.8, 4) is 0 Å². The fourth-order valence-corrected chi connectivity index (χ4v) is 2.70. The van der Waals surface area contributed by atoms with Crippen molar-refractivity contribution in [3.63, 3.8) is 0 Å². The SMILES string of the molecule is CCC1CCC(c2nc(C)c(C)c(=O)[nH]2)CC1. The van der Waals surface area contributed by atoms with Gasteiger partial charge in [0.05, 0.1) is 0 Å². The molecule has 0 radical (unpaired) electrons. The number of aryl methyl sites for hydroxylation is 1. The number of nitrogens with one attached hydrogen (secondary N) is 1. The summed E-state index contributed by atoms with van der Waals surface area (Å²) in [6.07, 6.45) is 6.17. The van der Waals surface area contributed by atoms with Gasteiger partial charge in [-0.15, -0.1) is 0 Å². The Balaban J connectivity index is 2.16. The Morgan fingerprint density at radius 1 is 1.24 bits per heavy atom. The van der Waals surface area contributed by atoms with Crippen LogP contribution in [-0.2, 0) is 0 Å². The van der Waals surface area contributed by atoms with Crippen molar-refractivity contribution in [1.82, 2.24) is 9.97 Å². The van der Waals surface area contributed by atoms with Crippen LogP contribution in [0.4, 0.5) is 0 Å². The van der Waals surface area contributed by atoms with E-state index in [1.165, 1.54) is 32.1 Å². The first-order chi connectivity index (χ1) is 8.11. The molecule has 0 spiro atoms. The molecule has 0 bridgehead atoms. The maximum Gasteiger partial charge on any atom is 0.254 e. The van der Waals surface area contributed by atoms with Gasteiger partial charge in [0.2, 0.25) is 0 Å². The van der Waals surface area contributed by atoms with Gasteiger partial charge in [0.25, 0.3) is 5.56 Å². The average Bonchev–Trinajstić information content (AvgIpc) is 2.35. The molecule has 1 saturated carbocycles. The molecule has 0 unspecified atom stereocenters. The van der Waals surface area contributed by atoms with E-state index in [1.54, 1.807) is 0 Å². The summed E-state index contributed by atoms with van der Waals surface area (Å²) < 4.78 is 0. The van der Waals surface area contributed by atoms with Gasteiger partial charge >= 0.3 is 0 Å². The Labute approximate surface area is 103 Å². The lowest BCUT2D eigenvalue weighted by Gasteiger charge is -2.27. The maximum atomic E-state index is 11.7. The van der Waals surface area contributed by atoms with Crippen molar-refractivity contribution in [3.05, 3.63) is 27.4 Å². The Bertz CT molecular complexity index is 442. The quantitative estimate of drug-likeness (QED) is 0.854. The van der Waals surface area contributed by atoms with Crippen LogP contribution in [0.5, 0.6) is 0 Å². The first-order valence-corrected chi connectivity index (χ1v) is 6.69. The molecule has 1 N–H and O–H groups in total. The second-order valence-electron chi connectivity index (χ2n) is 5.29. The van der Waals surface area contributed by atoms with Crippen LogP contribution in [0.25, 0.3) is 0 Å². The number of nitrogens with zero attached hydrogens (tertiary/aromatic N) is 1. The van der Waals surface area contributed by atoms with Gasteiger partial charge < -0.3 is 4.98 Å². The zero-order valence-corrected chi connectivity index (χ0v) is 11.0. The van der Waals surface area contributed by atoms with Crippen LogP contribution in [0.2, 0.25) is 0 Å². The number of hydrogen-bond donors (Lipinski definition) is 1. The Hall–Kier alpha value is -1.12. The lowest BCUT2D eigenvalue weighted by molar-refractivity contribution is 0.311. The third-order valence-electron chi connectivity index (χ3n) is 4.22. The number of aromatic nitrogens is 2. The molecule has 1 aliphatic rings. The van der Waals surface area contributed by atoms with Crippen molar-refractivity contribution in [1.29, 1.82) is 0 Å². The van der Waals surface area contributed by atoms with E-state index in [0.29, 0.717) is 5.92 Å². The largest absolute Gasteiger partial charge is 0.310 e. The molecule has 0 saturated heterocycles. The van der Waals surface area contributed by atoms with Crippen LogP contribution in [0.3, 0.4) is 0 Å². The first-order valence-electron chi connectivity index (χ1n) is 6.69. The number of hydrogen-bond acceptors (Lipinski definition) is 2. The Morgan fingerprint density at radius 3 is 2.41 bits per heavy atom. The summed E-state index contributed by atoms with van der Waals surface area (Å²) in [7, 11) is 0. The minimum atomic E-state index is 0.0325. The summed E-state index contributed by atoms with van der Waals surface area (Å²) in [6, 6.07) is 0. The molecule has 3 nitrogen and oxygen atoms in total. The predicted octanol–water partition coefficient (Wildman–Crippen LogP) is 3.07. The molecule has 0 amide bonds. The van der Waals surface area contributed by atoms with Crippen molar-refractivity contribution < 1.29 is 0 Å². The third kappa shape index (κ3) is 2.59.